The Balaban J connectivity index is 1.44. The molecular formula is C25H19N3O4. The SMILES string of the molecule is O=C(O)[C@H](Cc1c[nH]c2ccccc12)N=Cc1nc(-c2cccc3ccccc23)oc1O. The molecule has 0 amide bonds. The number of nitrogens with zero attached hydrogens (tertiary/aromatic N) is 2. The number of aromatic nitrogens is 2. The van der Waals surface area contributed by atoms with Gasteiger partial charge in [0.1, 0.15) is 0 Å². The number of hydrogen-bond donors (Lipinski definition) is 3. The molecule has 0 unspecified atom stereocenters. The fraction of sp³-hybridized carbons (Fsp3) is 0.0800. The number of benzene rings is 3. The topological polar surface area (TPSA) is 112 Å². The van der Waals surface area contributed by atoms with Crippen molar-refractivity contribution in [3.05, 3.63) is 84.2 Å². The summed E-state index contributed by atoms with van der Waals surface area (Å²) in [5.74, 6) is -1.24. The summed E-state index contributed by atoms with van der Waals surface area (Å²) in [6.45, 7) is 0. The summed E-state index contributed by atoms with van der Waals surface area (Å²) in [6.07, 6.45) is 3.24. The van der Waals surface area contributed by atoms with E-state index >= 15 is 0 Å². The molecule has 3 aromatic carbocycles. The highest BCUT2D eigenvalue weighted by atomic mass is 16.5. The molecule has 0 aliphatic carbocycles. The molecule has 32 heavy (non-hydrogen) atoms. The molecule has 2 heterocycles. The lowest BCUT2D eigenvalue weighted by molar-refractivity contribution is -0.138. The Labute approximate surface area is 182 Å². The number of oxazole rings is 1. The van der Waals surface area contributed by atoms with Gasteiger partial charge in [0, 0.05) is 29.1 Å². The fourth-order valence-corrected chi connectivity index (χ4v) is 3.81. The van der Waals surface area contributed by atoms with Crippen molar-refractivity contribution >= 4 is 33.9 Å². The highest BCUT2D eigenvalue weighted by Gasteiger charge is 2.20. The zero-order chi connectivity index (χ0) is 22.1. The number of hydrogen-bond acceptors (Lipinski definition) is 5. The summed E-state index contributed by atoms with van der Waals surface area (Å²) < 4.78 is 5.47. The van der Waals surface area contributed by atoms with E-state index in [1.807, 2.05) is 66.7 Å². The highest BCUT2D eigenvalue weighted by Crippen LogP contribution is 2.31. The third-order valence-corrected chi connectivity index (χ3v) is 5.40. The predicted octanol–water partition coefficient (Wildman–Crippen LogP) is 4.80. The molecule has 0 saturated heterocycles. The van der Waals surface area contributed by atoms with Crippen LogP contribution in [0.4, 0.5) is 0 Å². The van der Waals surface area contributed by atoms with Gasteiger partial charge in [-0.25, -0.2) is 9.78 Å². The summed E-state index contributed by atoms with van der Waals surface area (Å²) in [4.78, 5) is 23.5. The second kappa shape index (κ2) is 8.03. The van der Waals surface area contributed by atoms with Crippen molar-refractivity contribution in [3.8, 4) is 17.4 Å². The summed E-state index contributed by atoms with van der Waals surface area (Å²) in [6, 6.07) is 20.1. The minimum Gasteiger partial charge on any atom is -0.480 e. The minimum absolute atomic E-state index is 0.0816. The number of H-pyrrole nitrogens is 1. The summed E-state index contributed by atoms with van der Waals surface area (Å²) in [5.41, 5.74) is 2.60. The first-order valence-corrected chi connectivity index (χ1v) is 10.1. The molecule has 0 aliphatic rings. The van der Waals surface area contributed by atoms with E-state index in [2.05, 4.69) is 15.0 Å². The van der Waals surface area contributed by atoms with Crippen LogP contribution in [0.2, 0.25) is 0 Å². The second-order valence-electron chi connectivity index (χ2n) is 7.43. The van der Waals surface area contributed by atoms with Crippen molar-refractivity contribution in [2.24, 2.45) is 4.99 Å². The van der Waals surface area contributed by atoms with Crippen LogP contribution in [-0.2, 0) is 11.2 Å². The van der Waals surface area contributed by atoms with E-state index in [0.29, 0.717) is 0 Å². The van der Waals surface area contributed by atoms with Crippen LogP contribution in [-0.4, -0.2) is 38.4 Å². The van der Waals surface area contributed by atoms with Crippen LogP contribution in [0.1, 0.15) is 11.3 Å². The maximum atomic E-state index is 11.8. The van der Waals surface area contributed by atoms with Crippen LogP contribution in [0.5, 0.6) is 5.95 Å². The Bertz CT molecular complexity index is 1460. The largest absolute Gasteiger partial charge is 0.480 e. The van der Waals surface area contributed by atoms with Crippen LogP contribution in [0.15, 0.2) is 82.3 Å². The van der Waals surface area contributed by atoms with Gasteiger partial charge >= 0.3 is 11.9 Å². The van der Waals surface area contributed by atoms with E-state index in [1.54, 1.807) is 6.20 Å². The lowest BCUT2D eigenvalue weighted by Gasteiger charge is -2.06. The Morgan fingerprint density at radius 2 is 1.81 bits per heavy atom. The first-order valence-electron chi connectivity index (χ1n) is 10.1. The number of carboxylic acid groups (broad SMARTS) is 1. The molecule has 158 valence electrons. The summed E-state index contributed by atoms with van der Waals surface area (Å²) in [5, 5.41) is 22.8. The minimum atomic E-state index is -1.07. The molecule has 5 aromatic rings. The molecule has 0 spiro atoms. The van der Waals surface area contributed by atoms with Crippen LogP contribution in [0, 0.1) is 0 Å². The van der Waals surface area contributed by atoms with Crippen LogP contribution in [0.25, 0.3) is 33.1 Å². The normalized spacial score (nSPS) is 12.6. The Morgan fingerprint density at radius 1 is 1.06 bits per heavy atom. The zero-order valence-electron chi connectivity index (χ0n) is 16.9. The number of aromatic amines is 1. The first-order chi connectivity index (χ1) is 15.6. The summed E-state index contributed by atoms with van der Waals surface area (Å²) >= 11 is 0. The monoisotopic (exact) mass is 425 g/mol. The van der Waals surface area contributed by atoms with Gasteiger partial charge in [0.05, 0.1) is 6.21 Å². The van der Waals surface area contributed by atoms with E-state index in [0.717, 1.165) is 32.8 Å². The van der Waals surface area contributed by atoms with Gasteiger partial charge in [-0.05, 0) is 28.5 Å². The Hall–Kier alpha value is -4.39. The fourth-order valence-electron chi connectivity index (χ4n) is 3.81. The maximum Gasteiger partial charge on any atom is 0.328 e. The van der Waals surface area contributed by atoms with Crippen LogP contribution in [0.3, 0.4) is 0 Å². The van der Waals surface area contributed by atoms with Crippen molar-refractivity contribution < 1.29 is 19.4 Å². The molecule has 0 aliphatic heterocycles. The number of carboxylic acids is 1. The Kier molecular flexibility index (Phi) is 4.91. The molecule has 0 fully saturated rings. The van der Waals surface area contributed by atoms with Gasteiger partial charge in [-0.2, -0.15) is 0 Å². The summed E-state index contributed by atoms with van der Waals surface area (Å²) in [7, 11) is 0. The van der Waals surface area contributed by atoms with Crippen molar-refractivity contribution in [1.82, 2.24) is 9.97 Å². The standard InChI is InChI=1S/C25H19N3O4/c29-24(30)21(12-16-13-26-20-11-4-3-9-18(16)20)27-14-22-25(31)32-23(28-22)19-10-5-7-15-6-1-2-8-17(15)19/h1-11,13-14,21,26,31H,12H2,(H,29,30)/t21-/m0/s1. The van der Waals surface area contributed by atoms with Crippen LogP contribution < -0.4 is 0 Å². The average molecular weight is 425 g/mol. The molecule has 0 radical (unpaired) electrons. The van der Waals surface area contributed by atoms with E-state index in [-0.39, 0.29) is 18.0 Å². The van der Waals surface area contributed by atoms with Gasteiger partial charge in [0.25, 0.3) is 0 Å². The number of aliphatic carboxylic acids is 1. The van der Waals surface area contributed by atoms with Gasteiger partial charge in [0.2, 0.25) is 5.89 Å². The van der Waals surface area contributed by atoms with E-state index in [9.17, 15) is 15.0 Å². The molecule has 3 N–H and O–H groups in total. The Morgan fingerprint density at radius 3 is 2.66 bits per heavy atom. The van der Waals surface area contributed by atoms with Gasteiger partial charge in [-0.15, -0.1) is 0 Å². The third-order valence-electron chi connectivity index (χ3n) is 5.40. The number of rotatable bonds is 6. The number of nitrogens with one attached hydrogen (secondary N) is 1. The van der Waals surface area contributed by atoms with Crippen molar-refractivity contribution in [2.45, 2.75) is 12.5 Å². The molecule has 1 atom stereocenters. The van der Waals surface area contributed by atoms with Gasteiger partial charge in [-0.3, -0.25) is 4.99 Å². The van der Waals surface area contributed by atoms with Gasteiger partial charge in [-0.1, -0.05) is 54.6 Å². The van der Waals surface area contributed by atoms with Gasteiger partial charge in [0.15, 0.2) is 11.7 Å². The van der Waals surface area contributed by atoms with Gasteiger partial charge < -0.3 is 19.6 Å². The van der Waals surface area contributed by atoms with Crippen LogP contribution >= 0.6 is 0 Å². The molecule has 0 bridgehead atoms. The zero-order valence-corrected chi connectivity index (χ0v) is 16.9. The van der Waals surface area contributed by atoms with Crippen molar-refractivity contribution in [3.63, 3.8) is 0 Å². The number of aliphatic imine (C=N–C) groups is 1. The van der Waals surface area contributed by atoms with Crippen molar-refractivity contribution in [2.75, 3.05) is 0 Å². The number of aromatic hydroxyl groups is 1. The molecule has 5 rings (SSSR count). The quantitative estimate of drug-likeness (QED) is 0.339. The molecule has 2 aromatic heterocycles. The highest BCUT2D eigenvalue weighted by molar-refractivity contribution is 5.95. The van der Waals surface area contributed by atoms with E-state index < -0.39 is 18.0 Å². The van der Waals surface area contributed by atoms with E-state index in [1.165, 1.54) is 6.21 Å². The second-order valence-corrected chi connectivity index (χ2v) is 7.43. The molecule has 0 saturated carbocycles. The van der Waals surface area contributed by atoms with E-state index in [4.69, 9.17) is 4.42 Å². The number of para-hydroxylation sites is 1. The molecule has 7 nitrogen and oxygen atoms in total. The lowest BCUT2D eigenvalue weighted by atomic mass is 10.0. The molecule has 7 heteroatoms. The number of carbonyl (C=O) groups is 1. The number of fused-ring (bicyclic) bond motifs is 2. The average Bonchev–Trinajstić information content (AvgIpc) is 3.39. The predicted molar refractivity (Wildman–Crippen MR) is 122 cm³/mol. The smallest absolute Gasteiger partial charge is 0.328 e. The molecular weight excluding hydrogens is 406 g/mol. The maximum absolute atomic E-state index is 11.8. The van der Waals surface area contributed by atoms with Crippen molar-refractivity contribution in [1.29, 1.82) is 0 Å². The lowest BCUT2D eigenvalue weighted by Crippen LogP contribution is -2.20. The third kappa shape index (κ3) is 3.60. The first kappa shape index (κ1) is 19.6.